The van der Waals surface area contributed by atoms with Crippen LogP contribution < -0.4 is 16.4 Å². The summed E-state index contributed by atoms with van der Waals surface area (Å²) in [5.74, 6) is -2.71. The van der Waals surface area contributed by atoms with Gasteiger partial charge in [0, 0.05) is 0 Å². The van der Waals surface area contributed by atoms with Gasteiger partial charge < -0.3 is 26.6 Å². The third kappa shape index (κ3) is 5.54. The summed E-state index contributed by atoms with van der Waals surface area (Å²) in [5.41, 5.74) is 5.64. The maximum atomic E-state index is 11.8. The molecule has 0 aliphatic heterocycles. The molecule has 0 saturated heterocycles. The lowest BCUT2D eigenvalue weighted by Gasteiger charge is -2.24. The van der Waals surface area contributed by atoms with Crippen LogP contribution in [0.25, 0.3) is 0 Å². The van der Waals surface area contributed by atoms with E-state index in [0.29, 0.717) is 0 Å². The Morgan fingerprint density at radius 1 is 1.00 bits per heavy atom. The summed E-state index contributed by atoms with van der Waals surface area (Å²) in [6.45, 7) is 6.08. The van der Waals surface area contributed by atoms with Crippen LogP contribution in [-0.2, 0) is 14.4 Å². The molecule has 8 nitrogen and oxygen atoms in total. The molecular weight excluding hydrogens is 266 g/mol. The van der Waals surface area contributed by atoms with Crippen LogP contribution in [0.1, 0.15) is 27.7 Å². The zero-order chi connectivity index (χ0) is 16.0. The topological polar surface area (TPSA) is 142 Å². The van der Waals surface area contributed by atoms with Crippen LogP contribution in [0.2, 0.25) is 0 Å². The molecule has 6 N–H and O–H groups in total. The molecule has 0 fully saturated rings. The molecule has 0 saturated carbocycles. The Balaban J connectivity index is 4.77. The quantitative estimate of drug-likeness (QED) is 0.383. The highest BCUT2D eigenvalue weighted by molar-refractivity contribution is 5.92. The molecule has 0 radical (unpaired) electrons. The van der Waals surface area contributed by atoms with Crippen LogP contribution in [0.3, 0.4) is 0 Å². The molecule has 20 heavy (non-hydrogen) atoms. The van der Waals surface area contributed by atoms with E-state index >= 15 is 0 Å². The van der Waals surface area contributed by atoms with E-state index in [1.54, 1.807) is 13.8 Å². The van der Waals surface area contributed by atoms with Crippen LogP contribution in [0.15, 0.2) is 0 Å². The predicted molar refractivity (Wildman–Crippen MR) is 71.7 cm³/mol. The molecule has 0 aromatic carbocycles. The van der Waals surface area contributed by atoms with Gasteiger partial charge in [-0.15, -0.1) is 0 Å². The van der Waals surface area contributed by atoms with Gasteiger partial charge in [-0.05, 0) is 19.8 Å². The fourth-order valence-electron chi connectivity index (χ4n) is 1.32. The number of carbonyl (C=O) groups excluding carboxylic acids is 2. The van der Waals surface area contributed by atoms with Gasteiger partial charge in [-0.1, -0.05) is 13.8 Å². The Kier molecular flexibility index (Phi) is 7.16. The van der Waals surface area contributed by atoms with E-state index in [2.05, 4.69) is 10.6 Å². The van der Waals surface area contributed by atoms with Crippen molar-refractivity contribution in [3.8, 4) is 0 Å². The van der Waals surface area contributed by atoms with Crippen molar-refractivity contribution in [3.05, 3.63) is 0 Å². The highest BCUT2D eigenvalue weighted by Crippen LogP contribution is 2.01. The van der Waals surface area contributed by atoms with Crippen molar-refractivity contribution in [3.63, 3.8) is 0 Å². The fraction of sp³-hybridized carbons (Fsp3) is 0.750. The molecule has 0 aliphatic carbocycles. The van der Waals surface area contributed by atoms with E-state index in [1.807, 2.05) is 0 Å². The third-order valence-corrected chi connectivity index (χ3v) is 2.81. The Morgan fingerprint density at radius 3 is 1.85 bits per heavy atom. The lowest BCUT2D eigenvalue weighted by Crippen LogP contribution is -2.58. The first-order valence-corrected chi connectivity index (χ1v) is 6.35. The number of aliphatic carboxylic acids is 1. The Labute approximate surface area is 117 Å². The van der Waals surface area contributed by atoms with E-state index in [0.717, 1.165) is 0 Å². The van der Waals surface area contributed by atoms with Crippen molar-refractivity contribution >= 4 is 17.8 Å². The van der Waals surface area contributed by atoms with E-state index in [4.69, 9.17) is 10.8 Å². The second-order valence-corrected chi connectivity index (χ2v) is 5.07. The minimum atomic E-state index is -1.26. The molecule has 4 atom stereocenters. The average Bonchev–Trinajstić information content (AvgIpc) is 2.33. The Morgan fingerprint density at radius 2 is 1.50 bits per heavy atom. The summed E-state index contributed by atoms with van der Waals surface area (Å²) >= 11 is 0. The van der Waals surface area contributed by atoms with E-state index in [-0.39, 0.29) is 5.92 Å². The average molecular weight is 289 g/mol. The number of rotatable bonds is 7. The standard InChI is InChI=1S/C12H23N3O5/c1-5(2)8(13)10(17)15-9(7(4)16)11(18)14-6(3)12(19)20/h5-9,16H,13H2,1-4H3,(H,14,18)(H,15,17)(H,19,20). The fourth-order valence-corrected chi connectivity index (χ4v) is 1.32. The summed E-state index contributed by atoms with van der Waals surface area (Å²) in [7, 11) is 0. The normalized spacial score (nSPS) is 16.9. The maximum absolute atomic E-state index is 11.8. The molecule has 4 unspecified atom stereocenters. The molecule has 0 aromatic rings. The number of carbonyl (C=O) groups is 3. The van der Waals surface area contributed by atoms with E-state index < -0.39 is 42.0 Å². The van der Waals surface area contributed by atoms with Crippen molar-refractivity contribution in [2.75, 3.05) is 0 Å². The number of carboxylic acid groups (broad SMARTS) is 1. The van der Waals surface area contributed by atoms with Crippen LogP contribution >= 0.6 is 0 Å². The second-order valence-electron chi connectivity index (χ2n) is 5.07. The van der Waals surface area contributed by atoms with Gasteiger partial charge >= 0.3 is 5.97 Å². The van der Waals surface area contributed by atoms with Crippen molar-refractivity contribution in [1.82, 2.24) is 10.6 Å². The molecule has 2 amide bonds. The van der Waals surface area contributed by atoms with Gasteiger partial charge in [-0.3, -0.25) is 14.4 Å². The smallest absolute Gasteiger partial charge is 0.325 e. The highest BCUT2D eigenvalue weighted by Gasteiger charge is 2.30. The molecule has 0 heterocycles. The number of hydrogen-bond donors (Lipinski definition) is 5. The van der Waals surface area contributed by atoms with Gasteiger partial charge in [0.2, 0.25) is 11.8 Å². The van der Waals surface area contributed by atoms with Crippen molar-refractivity contribution in [2.45, 2.75) is 51.9 Å². The first-order valence-electron chi connectivity index (χ1n) is 6.35. The zero-order valence-corrected chi connectivity index (χ0v) is 12.1. The van der Waals surface area contributed by atoms with Crippen LogP contribution in [0.5, 0.6) is 0 Å². The number of aliphatic hydroxyl groups excluding tert-OH is 1. The third-order valence-electron chi connectivity index (χ3n) is 2.81. The van der Waals surface area contributed by atoms with Gasteiger partial charge in [-0.2, -0.15) is 0 Å². The summed E-state index contributed by atoms with van der Waals surface area (Å²) in [6, 6.07) is -3.20. The molecule has 0 rings (SSSR count). The Bertz CT molecular complexity index is 370. The summed E-state index contributed by atoms with van der Waals surface area (Å²) < 4.78 is 0. The van der Waals surface area contributed by atoms with Crippen LogP contribution in [-0.4, -0.2) is 52.2 Å². The Hall–Kier alpha value is -1.67. The summed E-state index contributed by atoms with van der Waals surface area (Å²) in [6.07, 6.45) is -1.18. The molecule has 0 spiro atoms. The lowest BCUT2D eigenvalue weighted by molar-refractivity contribution is -0.142. The minimum Gasteiger partial charge on any atom is -0.480 e. The first kappa shape index (κ1) is 18.3. The zero-order valence-electron chi connectivity index (χ0n) is 12.1. The van der Waals surface area contributed by atoms with Crippen LogP contribution in [0.4, 0.5) is 0 Å². The van der Waals surface area contributed by atoms with E-state index in [1.165, 1.54) is 13.8 Å². The van der Waals surface area contributed by atoms with Crippen molar-refractivity contribution in [2.24, 2.45) is 11.7 Å². The maximum Gasteiger partial charge on any atom is 0.325 e. The number of hydrogen-bond acceptors (Lipinski definition) is 5. The highest BCUT2D eigenvalue weighted by atomic mass is 16.4. The van der Waals surface area contributed by atoms with Gasteiger partial charge in [0.25, 0.3) is 0 Å². The monoisotopic (exact) mass is 289 g/mol. The number of amides is 2. The molecular formula is C12H23N3O5. The van der Waals surface area contributed by atoms with Gasteiger partial charge in [0.15, 0.2) is 0 Å². The number of nitrogens with two attached hydrogens (primary N) is 1. The minimum absolute atomic E-state index is 0.134. The number of carboxylic acids is 1. The SMILES string of the molecule is CC(NC(=O)C(NC(=O)C(N)C(C)C)C(C)O)C(=O)O. The molecule has 116 valence electrons. The molecule has 8 heteroatoms. The van der Waals surface area contributed by atoms with Gasteiger partial charge in [0.1, 0.15) is 12.1 Å². The first-order chi connectivity index (χ1) is 9.07. The molecule has 0 aromatic heterocycles. The molecule has 0 aliphatic rings. The second kappa shape index (κ2) is 7.81. The molecule has 0 bridgehead atoms. The van der Waals surface area contributed by atoms with Crippen molar-refractivity contribution in [1.29, 1.82) is 0 Å². The van der Waals surface area contributed by atoms with Gasteiger partial charge in [0.05, 0.1) is 12.1 Å². The van der Waals surface area contributed by atoms with Gasteiger partial charge in [-0.25, -0.2) is 0 Å². The number of aliphatic hydroxyl groups is 1. The lowest BCUT2D eigenvalue weighted by atomic mass is 10.0. The largest absolute Gasteiger partial charge is 0.480 e. The summed E-state index contributed by atoms with van der Waals surface area (Å²) in [5, 5.41) is 22.8. The van der Waals surface area contributed by atoms with Crippen molar-refractivity contribution < 1.29 is 24.6 Å². The predicted octanol–water partition coefficient (Wildman–Crippen LogP) is -1.58. The van der Waals surface area contributed by atoms with E-state index in [9.17, 15) is 19.5 Å². The summed E-state index contributed by atoms with van der Waals surface area (Å²) in [4.78, 5) is 34.3. The number of nitrogens with one attached hydrogen (secondary N) is 2. The van der Waals surface area contributed by atoms with Crippen LogP contribution in [0, 0.1) is 5.92 Å².